The maximum atomic E-state index is 11.2. The topological polar surface area (TPSA) is 56.2 Å². The lowest BCUT2D eigenvalue weighted by atomic mass is 10.1. The van der Waals surface area contributed by atoms with Gasteiger partial charge in [0.15, 0.2) is 0 Å². The van der Waals surface area contributed by atoms with E-state index in [4.69, 9.17) is 5.41 Å². The summed E-state index contributed by atoms with van der Waals surface area (Å²) in [6.07, 6.45) is 0.791. The fourth-order valence-electron chi connectivity index (χ4n) is 1.51. The molecule has 0 radical (unpaired) electrons. The monoisotopic (exact) mass is 259 g/mol. The third-order valence-corrected chi connectivity index (χ3v) is 2.84. The van der Waals surface area contributed by atoms with Gasteiger partial charge in [-0.05, 0) is 15.9 Å². The summed E-state index contributed by atoms with van der Waals surface area (Å²) in [7, 11) is 1.84. The number of nitrogens with one attached hydrogen (secondary N) is 2. The van der Waals surface area contributed by atoms with Crippen molar-refractivity contribution < 1.29 is 4.79 Å². The lowest BCUT2D eigenvalue weighted by molar-refractivity contribution is -0.128. The van der Waals surface area contributed by atoms with E-state index in [2.05, 4.69) is 21.2 Å². The molecule has 1 heterocycles. The number of amides is 1. The van der Waals surface area contributed by atoms with Gasteiger partial charge in [0, 0.05) is 44.8 Å². The van der Waals surface area contributed by atoms with Crippen molar-refractivity contribution in [2.45, 2.75) is 13.3 Å². The number of halogens is 1. The van der Waals surface area contributed by atoms with Crippen molar-refractivity contribution in [3.8, 4) is 0 Å². The van der Waals surface area contributed by atoms with Crippen molar-refractivity contribution in [2.75, 3.05) is 20.1 Å². The summed E-state index contributed by atoms with van der Waals surface area (Å²) < 4.78 is 0.354. The van der Waals surface area contributed by atoms with Gasteiger partial charge in [0.05, 0.1) is 0 Å². The highest BCUT2D eigenvalue weighted by Gasteiger charge is 2.21. The lowest BCUT2D eigenvalue weighted by Crippen LogP contribution is -2.38. The van der Waals surface area contributed by atoms with Crippen LogP contribution in [0.15, 0.2) is 11.3 Å². The van der Waals surface area contributed by atoms with E-state index in [0.717, 1.165) is 24.2 Å². The third kappa shape index (κ3) is 2.35. The van der Waals surface area contributed by atoms with Crippen LogP contribution in [0.2, 0.25) is 0 Å². The first-order chi connectivity index (χ1) is 6.56. The Labute approximate surface area is 92.0 Å². The molecule has 4 nitrogen and oxygen atoms in total. The molecular formula is C9H14BrN3O. The molecule has 0 fully saturated rings. The zero-order valence-electron chi connectivity index (χ0n) is 8.35. The molecule has 0 aromatic rings. The molecule has 0 spiro atoms. The van der Waals surface area contributed by atoms with Gasteiger partial charge in [-0.25, -0.2) is 0 Å². The highest BCUT2D eigenvalue weighted by Crippen LogP contribution is 2.18. The van der Waals surface area contributed by atoms with Crippen LogP contribution in [-0.4, -0.2) is 35.6 Å². The van der Waals surface area contributed by atoms with Gasteiger partial charge in [0.25, 0.3) is 0 Å². The van der Waals surface area contributed by atoms with Gasteiger partial charge >= 0.3 is 0 Å². The quantitative estimate of drug-likeness (QED) is 0.730. The molecule has 0 bridgehead atoms. The molecule has 2 N–H and O–H groups in total. The lowest BCUT2D eigenvalue weighted by Gasteiger charge is -2.29. The van der Waals surface area contributed by atoms with E-state index in [-0.39, 0.29) is 5.91 Å². The van der Waals surface area contributed by atoms with Crippen LogP contribution < -0.4 is 5.32 Å². The Morgan fingerprint density at radius 3 is 2.71 bits per heavy atom. The Morgan fingerprint density at radius 1 is 1.64 bits per heavy atom. The van der Waals surface area contributed by atoms with E-state index in [9.17, 15) is 4.79 Å². The van der Waals surface area contributed by atoms with Crippen LogP contribution >= 0.6 is 15.9 Å². The van der Waals surface area contributed by atoms with Crippen molar-refractivity contribution in [3.63, 3.8) is 0 Å². The summed E-state index contributed by atoms with van der Waals surface area (Å²) in [5.74, 6) is 0.0615. The molecule has 78 valence electrons. The maximum absolute atomic E-state index is 11.2. The minimum absolute atomic E-state index is 0.0615. The van der Waals surface area contributed by atoms with Gasteiger partial charge in [-0.15, -0.1) is 0 Å². The molecular weight excluding hydrogens is 246 g/mol. The van der Waals surface area contributed by atoms with Gasteiger partial charge in [-0.1, -0.05) is 0 Å². The van der Waals surface area contributed by atoms with E-state index in [1.165, 1.54) is 0 Å². The zero-order chi connectivity index (χ0) is 10.7. The van der Waals surface area contributed by atoms with Crippen LogP contribution in [-0.2, 0) is 4.79 Å². The molecule has 0 aliphatic carbocycles. The van der Waals surface area contributed by atoms with Gasteiger partial charge in [0.1, 0.15) is 4.62 Å². The number of carbonyl (C=O) groups excluding carboxylic acids is 1. The smallest absolute Gasteiger partial charge is 0.219 e. The number of hydrogen-bond donors (Lipinski definition) is 2. The first-order valence-electron chi connectivity index (χ1n) is 4.46. The fourth-order valence-corrected chi connectivity index (χ4v) is 1.87. The van der Waals surface area contributed by atoms with Gasteiger partial charge in [0.2, 0.25) is 5.91 Å². The van der Waals surface area contributed by atoms with Gasteiger partial charge < -0.3 is 10.2 Å². The predicted octanol–water partition coefficient (Wildman–Crippen LogP) is 1.08. The van der Waals surface area contributed by atoms with E-state index >= 15 is 0 Å². The molecule has 5 heteroatoms. The van der Waals surface area contributed by atoms with E-state index in [1.807, 2.05) is 7.05 Å². The van der Waals surface area contributed by atoms with Crippen molar-refractivity contribution in [3.05, 3.63) is 11.3 Å². The van der Waals surface area contributed by atoms with Crippen LogP contribution in [0.25, 0.3) is 0 Å². The Morgan fingerprint density at radius 2 is 2.29 bits per heavy atom. The molecule has 0 unspecified atom stereocenters. The van der Waals surface area contributed by atoms with E-state index in [1.54, 1.807) is 11.8 Å². The molecule has 0 saturated heterocycles. The Balaban J connectivity index is 2.87. The summed E-state index contributed by atoms with van der Waals surface area (Å²) >= 11 is 3.14. The second-order valence-corrected chi connectivity index (χ2v) is 4.00. The fraction of sp³-hybridized carbons (Fsp3) is 0.556. The number of rotatable bonds is 2. The second kappa shape index (κ2) is 4.59. The van der Waals surface area contributed by atoms with Crippen molar-refractivity contribution in [1.82, 2.24) is 10.2 Å². The Hall–Kier alpha value is -0.840. The van der Waals surface area contributed by atoms with Crippen LogP contribution in [0.4, 0.5) is 0 Å². The summed E-state index contributed by atoms with van der Waals surface area (Å²) in [5.41, 5.74) is 1.92. The van der Waals surface area contributed by atoms with Crippen LogP contribution in [0.3, 0.4) is 0 Å². The molecule has 1 amide bonds. The van der Waals surface area contributed by atoms with Crippen molar-refractivity contribution in [1.29, 1.82) is 5.41 Å². The number of nitrogens with zero attached hydrogens (tertiary/aromatic N) is 1. The predicted molar refractivity (Wildman–Crippen MR) is 59.6 cm³/mol. The Bertz CT molecular complexity index is 298. The highest BCUT2D eigenvalue weighted by molar-refractivity contribution is 9.18. The molecule has 1 aliphatic rings. The van der Waals surface area contributed by atoms with Crippen molar-refractivity contribution in [2.24, 2.45) is 0 Å². The first kappa shape index (κ1) is 11.2. The normalized spacial score (nSPS) is 16.9. The average molecular weight is 260 g/mol. The standard InChI is InChI=1S/C9H14BrN3O/c1-6(14)13-4-3-8(12-2)7(5-13)9(10)11/h11-12H,3-5H2,1-2H3. The summed E-state index contributed by atoms with van der Waals surface area (Å²) in [6.45, 7) is 2.81. The molecule has 0 saturated carbocycles. The minimum Gasteiger partial charge on any atom is -0.391 e. The second-order valence-electron chi connectivity index (χ2n) is 3.21. The first-order valence-corrected chi connectivity index (χ1v) is 5.25. The number of carbonyl (C=O) groups is 1. The molecule has 14 heavy (non-hydrogen) atoms. The van der Waals surface area contributed by atoms with Crippen molar-refractivity contribution >= 4 is 26.5 Å². The number of hydrogen-bond acceptors (Lipinski definition) is 3. The largest absolute Gasteiger partial charge is 0.391 e. The molecule has 0 aromatic heterocycles. The van der Waals surface area contributed by atoms with Crippen LogP contribution in [0, 0.1) is 5.41 Å². The SMILES string of the molecule is CNC1=C(C(=N)Br)CN(C(C)=O)CC1. The van der Waals surface area contributed by atoms with Crippen LogP contribution in [0.1, 0.15) is 13.3 Å². The van der Waals surface area contributed by atoms with E-state index < -0.39 is 0 Å². The van der Waals surface area contributed by atoms with E-state index in [0.29, 0.717) is 11.2 Å². The zero-order valence-corrected chi connectivity index (χ0v) is 9.94. The molecule has 1 rings (SSSR count). The van der Waals surface area contributed by atoms with Gasteiger partial charge in [-0.2, -0.15) is 0 Å². The average Bonchev–Trinajstić information content (AvgIpc) is 2.16. The molecule has 0 atom stereocenters. The summed E-state index contributed by atoms with van der Waals surface area (Å²) in [5, 5.41) is 10.6. The Kier molecular flexibility index (Phi) is 3.69. The summed E-state index contributed by atoms with van der Waals surface area (Å²) in [4.78, 5) is 12.9. The molecule has 0 aromatic carbocycles. The van der Waals surface area contributed by atoms with Crippen LogP contribution in [0.5, 0.6) is 0 Å². The summed E-state index contributed by atoms with van der Waals surface area (Å²) in [6, 6.07) is 0. The minimum atomic E-state index is 0.0615. The van der Waals surface area contributed by atoms with Gasteiger partial charge in [-0.3, -0.25) is 10.2 Å². The molecule has 1 aliphatic heterocycles. The third-order valence-electron chi connectivity index (χ3n) is 2.36. The maximum Gasteiger partial charge on any atom is 0.219 e. The highest BCUT2D eigenvalue weighted by atomic mass is 79.9.